The van der Waals surface area contributed by atoms with Crippen LogP contribution in [0.1, 0.15) is 5.56 Å². The van der Waals surface area contributed by atoms with Crippen molar-refractivity contribution in [2.45, 2.75) is 6.18 Å². The quantitative estimate of drug-likeness (QED) is 0.348. The van der Waals surface area contributed by atoms with Gasteiger partial charge in [0.1, 0.15) is 16.4 Å². The van der Waals surface area contributed by atoms with E-state index in [9.17, 15) is 13.2 Å². The van der Waals surface area contributed by atoms with E-state index in [2.05, 4.69) is 15.1 Å². The van der Waals surface area contributed by atoms with Crippen molar-refractivity contribution in [2.24, 2.45) is 0 Å². The zero-order valence-corrected chi connectivity index (χ0v) is 16.0. The number of nitrogens with zero attached hydrogens (tertiary/aromatic N) is 3. The Morgan fingerprint density at radius 3 is 2.43 bits per heavy atom. The van der Waals surface area contributed by atoms with Crippen molar-refractivity contribution in [3.05, 3.63) is 63.6 Å². The lowest BCUT2D eigenvalue weighted by Gasteiger charge is -2.05. The molecule has 0 saturated carbocycles. The molecule has 4 aromatic rings. The number of alkyl halides is 3. The maximum atomic E-state index is 12.6. The van der Waals surface area contributed by atoms with Crippen LogP contribution in [0.15, 0.2) is 52.5 Å². The SMILES string of the molecule is FC(F)(F)c1ccc(-c2nc(-c3cc(-c4ccc(Cl)c(Cl)c4)no3)cs2)nc1. The summed E-state index contributed by atoms with van der Waals surface area (Å²) in [5, 5.41) is 7.02. The fourth-order valence-corrected chi connectivity index (χ4v) is 3.46. The smallest absolute Gasteiger partial charge is 0.354 e. The highest BCUT2D eigenvalue weighted by Crippen LogP contribution is 2.34. The third-order valence-electron chi connectivity index (χ3n) is 3.79. The molecule has 0 aliphatic rings. The number of aromatic nitrogens is 3. The van der Waals surface area contributed by atoms with E-state index >= 15 is 0 Å². The molecule has 4 nitrogen and oxygen atoms in total. The Labute approximate surface area is 170 Å². The predicted molar refractivity (Wildman–Crippen MR) is 101 cm³/mol. The van der Waals surface area contributed by atoms with Gasteiger partial charge in [-0.1, -0.05) is 34.4 Å². The molecule has 0 aliphatic carbocycles. The van der Waals surface area contributed by atoms with E-state index in [0.29, 0.717) is 37.9 Å². The van der Waals surface area contributed by atoms with Crippen LogP contribution in [0.25, 0.3) is 33.4 Å². The highest BCUT2D eigenvalue weighted by atomic mass is 35.5. The van der Waals surface area contributed by atoms with Gasteiger partial charge in [-0.3, -0.25) is 4.98 Å². The summed E-state index contributed by atoms with van der Waals surface area (Å²) in [6, 6.07) is 9.04. The Kier molecular flexibility index (Phi) is 4.86. The first-order chi connectivity index (χ1) is 13.3. The van der Waals surface area contributed by atoms with E-state index in [1.165, 1.54) is 17.4 Å². The molecule has 0 aliphatic heterocycles. The Morgan fingerprint density at radius 2 is 1.75 bits per heavy atom. The summed E-state index contributed by atoms with van der Waals surface area (Å²) in [7, 11) is 0. The van der Waals surface area contributed by atoms with Crippen molar-refractivity contribution in [2.75, 3.05) is 0 Å². The average Bonchev–Trinajstić information content (AvgIpc) is 3.32. The fraction of sp³-hybridized carbons (Fsp3) is 0.0556. The second kappa shape index (κ2) is 7.20. The molecule has 0 N–H and O–H groups in total. The van der Waals surface area contributed by atoms with Gasteiger partial charge in [-0.15, -0.1) is 11.3 Å². The van der Waals surface area contributed by atoms with Crippen LogP contribution in [0.5, 0.6) is 0 Å². The lowest BCUT2D eigenvalue weighted by atomic mass is 10.1. The summed E-state index contributed by atoms with van der Waals surface area (Å²) >= 11 is 13.2. The van der Waals surface area contributed by atoms with E-state index in [1.807, 2.05) is 0 Å². The molecule has 142 valence electrons. The van der Waals surface area contributed by atoms with Crippen LogP contribution in [-0.4, -0.2) is 15.1 Å². The van der Waals surface area contributed by atoms with Gasteiger partial charge in [0.05, 0.1) is 21.3 Å². The van der Waals surface area contributed by atoms with Crippen LogP contribution < -0.4 is 0 Å². The summed E-state index contributed by atoms with van der Waals surface area (Å²) in [4.78, 5) is 8.22. The maximum absolute atomic E-state index is 12.6. The maximum Gasteiger partial charge on any atom is 0.417 e. The predicted octanol–water partition coefficient (Wildman–Crippen LogP) is 6.85. The van der Waals surface area contributed by atoms with Gasteiger partial charge in [-0.05, 0) is 24.3 Å². The van der Waals surface area contributed by atoms with Gasteiger partial charge in [0.25, 0.3) is 0 Å². The molecule has 0 saturated heterocycles. The summed E-state index contributed by atoms with van der Waals surface area (Å²) < 4.78 is 43.3. The van der Waals surface area contributed by atoms with Crippen molar-refractivity contribution < 1.29 is 17.7 Å². The van der Waals surface area contributed by atoms with Crippen LogP contribution in [0.3, 0.4) is 0 Å². The highest BCUT2D eigenvalue weighted by Gasteiger charge is 2.30. The van der Waals surface area contributed by atoms with E-state index < -0.39 is 11.7 Å². The topological polar surface area (TPSA) is 51.8 Å². The monoisotopic (exact) mass is 441 g/mol. The van der Waals surface area contributed by atoms with Crippen molar-refractivity contribution in [3.8, 4) is 33.4 Å². The second-order valence-electron chi connectivity index (χ2n) is 5.67. The number of rotatable bonds is 3. The van der Waals surface area contributed by atoms with Crippen LogP contribution in [0, 0.1) is 0 Å². The minimum absolute atomic E-state index is 0.341. The normalized spacial score (nSPS) is 11.8. The number of thiazole rings is 1. The Bertz CT molecular complexity index is 1140. The highest BCUT2D eigenvalue weighted by molar-refractivity contribution is 7.13. The van der Waals surface area contributed by atoms with Crippen LogP contribution >= 0.6 is 34.5 Å². The fourth-order valence-electron chi connectivity index (χ4n) is 2.38. The first-order valence-corrected chi connectivity index (χ1v) is 9.36. The van der Waals surface area contributed by atoms with Gasteiger partial charge in [-0.2, -0.15) is 13.2 Å². The largest absolute Gasteiger partial charge is 0.417 e. The molecule has 0 bridgehead atoms. The molecular formula is C18H8Cl2F3N3OS. The first kappa shape index (κ1) is 18.9. The zero-order valence-electron chi connectivity index (χ0n) is 13.7. The Balaban J connectivity index is 1.60. The molecule has 0 amide bonds. The van der Waals surface area contributed by atoms with Gasteiger partial charge < -0.3 is 4.52 Å². The van der Waals surface area contributed by atoms with Crippen LogP contribution in [-0.2, 0) is 6.18 Å². The number of hydrogen-bond donors (Lipinski definition) is 0. The average molecular weight is 442 g/mol. The lowest BCUT2D eigenvalue weighted by Crippen LogP contribution is -2.05. The zero-order chi connectivity index (χ0) is 19.9. The molecule has 28 heavy (non-hydrogen) atoms. The van der Waals surface area contributed by atoms with Gasteiger partial charge >= 0.3 is 6.18 Å². The van der Waals surface area contributed by atoms with Crippen molar-refractivity contribution in [3.63, 3.8) is 0 Å². The van der Waals surface area contributed by atoms with E-state index in [-0.39, 0.29) is 0 Å². The van der Waals surface area contributed by atoms with Gasteiger partial charge in [-0.25, -0.2) is 4.98 Å². The Hall–Kier alpha value is -2.42. The van der Waals surface area contributed by atoms with Gasteiger partial charge in [0.15, 0.2) is 5.76 Å². The van der Waals surface area contributed by atoms with E-state index in [0.717, 1.165) is 17.8 Å². The van der Waals surface area contributed by atoms with E-state index in [1.54, 1.807) is 29.6 Å². The molecule has 0 fully saturated rings. The molecule has 3 aromatic heterocycles. The minimum atomic E-state index is -4.43. The molecule has 4 rings (SSSR count). The van der Waals surface area contributed by atoms with Crippen molar-refractivity contribution in [1.29, 1.82) is 0 Å². The van der Waals surface area contributed by atoms with Crippen molar-refractivity contribution >= 4 is 34.5 Å². The van der Waals surface area contributed by atoms with Crippen LogP contribution in [0.2, 0.25) is 10.0 Å². The molecular weight excluding hydrogens is 434 g/mol. The summed E-state index contributed by atoms with van der Waals surface area (Å²) in [6.07, 6.45) is -3.65. The molecule has 3 heterocycles. The molecule has 0 unspecified atom stereocenters. The summed E-state index contributed by atoms with van der Waals surface area (Å²) in [6.45, 7) is 0. The number of hydrogen-bond acceptors (Lipinski definition) is 5. The first-order valence-electron chi connectivity index (χ1n) is 7.73. The molecule has 0 radical (unpaired) electrons. The van der Waals surface area contributed by atoms with Gasteiger partial charge in [0.2, 0.25) is 0 Å². The molecule has 0 atom stereocenters. The molecule has 1 aromatic carbocycles. The lowest BCUT2D eigenvalue weighted by molar-refractivity contribution is -0.137. The number of halogens is 5. The second-order valence-corrected chi connectivity index (χ2v) is 7.35. The van der Waals surface area contributed by atoms with Gasteiger partial charge in [0, 0.05) is 23.2 Å². The van der Waals surface area contributed by atoms with Crippen LogP contribution in [0.4, 0.5) is 13.2 Å². The minimum Gasteiger partial charge on any atom is -0.354 e. The molecule has 0 spiro atoms. The molecule has 10 heteroatoms. The Morgan fingerprint density at radius 1 is 0.929 bits per heavy atom. The standard InChI is InChI=1S/C18H8Cl2F3N3OS/c19-11-3-1-9(5-12(11)20)14-6-16(27-26-14)15-8-28-17(25-15)13-4-2-10(7-24-13)18(21,22)23/h1-8H. The number of pyridine rings is 1. The van der Waals surface area contributed by atoms with Crippen molar-refractivity contribution in [1.82, 2.24) is 15.1 Å². The number of benzene rings is 1. The summed E-state index contributed by atoms with van der Waals surface area (Å²) in [5.41, 5.74) is 1.31. The summed E-state index contributed by atoms with van der Waals surface area (Å²) in [5.74, 6) is 0.412. The van der Waals surface area contributed by atoms with E-state index in [4.69, 9.17) is 27.7 Å². The third-order valence-corrected chi connectivity index (χ3v) is 5.40. The third kappa shape index (κ3) is 3.76.